The summed E-state index contributed by atoms with van der Waals surface area (Å²) < 4.78 is 25.6. The summed E-state index contributed by atoms with van der Waals surface area (Å²) in [5, 5.41) is 0. The molecule has 11 heavy (non-hydrogen) atoms. The Morgan fingerprint density at radius 2 is 1.45 bits per heavy atom. The van der Waals surface area contributed by atoms with Gasteiger partial charge >= 0.3 is 0 Å². The molecule has 0 aromatic carbocycles. The van der Waals surface area contributed by atoms with Crippen molar-refractivity contribution in [2.24, 2.45) is 11.8 Å². The lowest BCUT2D eigenvalue weighted by atomic mass is 9.92. The highest BCUT2D eigenvalue weighted by atomic mass is 19.3. The highest BCUT2D eigenvalue weighted by Crippen LogP contribution is 2.45. The molecule has 66 valence electrons. The fraction of sp³-hybridized carbons (Fsp3) is 1.00. The molecule has 0 aliphatic heterocycles. The van der Waals surface area contributed by atoms with E-state index < -0.39 is 5.92 Å². The van der Waals surface area contributed by atoms with Gasteiger partial charge in [0.1, 0.15) is 0 Å². The second kappa shape index (κ2) is 3.08. The van der Waals surface area contributed by atoms with E-state index in [4.69, 9.17) is 0 Å². The standard InChI is InChI=1S/C9H16F2/c1-3-7-5-9(10,11)6-8(7)4-2/h7-8H,3-6H2,1-2H3. The van der Waals surface area contributed by atoms with E-state index in [9.17, 15) is 8.78 Å². The molecular weight excluding hydrogens is 146 g/mol. The summed E-state index contributed by atoms with van der Waals surface area (Å²) in [6.45, 7) is 4.02. The van der Waals surface area contributed by atoms with Crippen LogP contribution < -0.4 is 0 Å². The van der Waals surface area contributed by atoms with Crippen LogP contribution in [-0.2, 0) is 0 Å². The molecule has 0 nitrogen and oxygen atoms in total. The van der Waals surface area contributed by atoms with Gasteiger partial charge in [0.25, 0.3) is 0 Å². The highest BCUT2D eigenvalue weighted by Gasteiger charge is 2.44. The average Bonchev–Trinajstić information content (AvgIpc) is 2.25. The molecule has 0 spiro atoms. The van der Waals surface area contributed by atoms with Gasteiger partial charge in [-0.1, -0.05) is 26.7 Å². The summed E-state index contributed by atoms with van der Waals surface area (Å²) in [4.78, 5) is 0. The number of rotatable bonds is 2. The first kappa shape index (κ1) is 8.95. The van der Waals surface area contributed by atoms with Crippen LogP contribution in [-0.4, -0.2) is 5.92 Å². The maximum absolute atomic E-state index is 12.8. The van der Waals surface area contributed by atoms with Crippen molar-refractivity contribution in [2.45, 2.75) is 45.5 Å². The summed E-state index contributed by atoms with van der Waals surface area (Å²) in [5.41, 5.74) is 0. The minimum Gasteiger partial charge on any atom is -0.207 e. The van der Waals surface area contributed by atoms with Crippen LogP contribution in [0, 0.1) is 11.8 Å². The molecule has 0 heterocycles. The van der Waals surface area contributed by atoms with Crippen LogP contribution in [0.4, 0.5) is 8.78 Å². The first-order chi connectivity index (χ1) is 5.09. The summed E-state index contributed by atoms with van der Waals surface area (Å²) in [5.74, 6) is -1.81. The number of hydrogen-bond acceptors (Lipinski definition) is 0. The van der Waals surface area contributed by atoms with Crippen molar-refractivity contribution in [3.63, 3.8) is 0 Å². The number of hydrogen-bond donors (Lipinski definition) is 0. The van der Waals surface area contributed by atoms with Crippen LogP contribution in [0.15, 0.2) is 0 Å². The van der Waals surface area contributed by atoms with Crippen molar-refractivity contribution in [2.75, 3.05) is 0 Å². The van der Waals surface area contributed by atoms with Crippen molar-refractivity contribution in [1.82, 2.24) is 0 Å². The maximum Gasteiger partial charge on any atom is 0.248 e. The van der Waals surface area contributed by atoms with Gasteiger partial charge in [-0.05, 0) is 11.8 Å². The van der Waals surface area contributed by atoms with Gasteiger partial charge in [0.15, 0.2) is 0 Å². The molecule has 0 bridgehead atoms. The highest BCUT2D eigenvalue weighted by molar-refractivity contribution is 4.86. The van der Waals surface area contributed by atoms with E-state index in [0.29, 0.717) is 0 Å². The lowest BCUT2D eigenvalue weighted by Crippen LogP contribution is -2.09. The Morgan fingerprint density at radius 1 is 1.09 bits per heavy atom. The SMILES string of the molecule is CCC1CC(F)(F)CC1CC. The largest absolute Gasteiger partial charge is 0.248 e. The summed E-state index contributed by atoms with van der Waals surface area (Å²) in [7, 11) is 0. The second-order valence-electron chi connectivity index (χ2n) is 3.60. The zero-order valence-corrected chi connectivity index (χ0v) is 7.24. The van der Waals surface area contributed by atoms with Crippen molar-refractivity contribution in [3.05, 3.63) is 0 Å². The molecule has 1 fully saturated rings. The van der Waals surface area contributed by atoms with Gasteiger partial charge in [-0.25, -0.2) is 8.78 Å². The lowest BCUT2D eigenvalue weighted by molar-refractivity contribution is 0.00225. The minimum atomic E-state index is -2.36. The monoisotopic (exact) mass is 162 g/mol. The molecule has 0 radical (unpaired) electrons. The van der Waals surface area contributed by atoms with Crippen molar-refractivity contribution in [1.29, 1.82) is 0 Å². The van der Waals surface area contributed by atoms with E-state index >= 15 is 0 Å². The number of halogens is 2. The van der Waals surface area contributed by atoms with Crippen LogP contribution in [0.5, 0.6) is 0 Å². The molecule has 2 heteroatoms. The zero-order chi connectivity index (χ0) is 8.48. The van der Waals surface area contributed by atoms with Crippen molar-refractivity contribution < 1.29 is 8.78 Å². The van der Waals surface area contributed by atoms with E-state index in [0.717, 1.165) is 12.8 Å². The van der Waals surface area contributed by atoms with Gasteiger partial charge in [0.2, 0.25) is 5.92 Å². The van der Waals surface area contributed by atoms with Crippen LogP contribution in [0.2, 0.25) is 0 Å². The maximum atomic E-state index is 12.8. The van der Waals surface area contributed by atoms with Gasteiger partial charge in [-0.3, -0.25) is 0 Å². The molecule has 0 aromatic heterocycles. The Labute approximate surface area is 67.0 Å². The van der Waals surface area contributed by atoms with E-state index in [1.807, 2.05) is 13.8 Å². The molecule has 1 aliphatic rings. The average molecular weight is 162 g/mol. The van der Waals surface area contributed by atoms with Gasteiger partial charge in [0.05, 0.1) is 0 Å². The van der Waals surface area contributed by atoms with Gasteiger partial charge in [0, 0.05) is 12.8 Å². The third-order valence-electron chi connectivity index (χ3n) is 2.84. The van der Waals surface area contributed by atoms with Crippen LogP contribution >= 0.6 is 0 Å². The molecule has 1 rings (SSSR count). The van der Waals surface area contributed by atoms with Crippen LogP contribution in [0.3, 0.4) is 0 Å². The smallest absolute Gasteiger partial charge is 0.207 e. The van der Waals surface area contributed by atoms with E-state index in [-0.39, 0.29) is 24.7 Å². The third kappa shape index (κ3) is 1.91. The van der Waals surface area contributed by atoms with E-state index in [1.54, 1.807) is 0 Å². The Balaban J connectivity index is 2.55. The molecule has 0 aromatic rings. The Bertz CT molecular complexity index is 118. The Kier molecular flexibility index (Phi) is 2.50. The second-order valence-corrected chi connectivity index (χ2v) is 3.60. The minimum absolute atomic E-state index is 0.127. The molecular formula is C9H16F2. The molecule has 1 aliphatic carbocycles. The van der Waals surface area contributed by atoms with E-state index in [2.05, 4.69) is 0 Å². The fourth-order valence-electron chi connectivity index (χ4n) is 2.14. The molecule has 1 saturated carbocycles. The van der Waals surface area contributed by atoms with Crippen molar-refractivity contribution >= 4 is 0 Å². The first-order valence-electron chi connectivity index (χ1n) is 4.47. The summed E-state index contributed by atoms with van der Waals surface area (Å²) in [6, 6.07) is 0. The summed E-state index contributed by atoms with van der Waals surface area (Å²) >= 11 is 0. The van der Waals surface area contributed by atoms with Crippen LogP contribution in [0.1, 0.15) is 39.5 Å². The molecule has 2 unspecified atom stereocenters. The molecule has 0 saturated heterocycles. The summed E-state index contributed by atoms with van der Waals surface area (Å²) in [6.07, 6.45) is 2.08. The molecule has 0 amide bonds. The van der Waals surface area contributed by atoms with Gasteiger partial charge < -0.3 is 0 Å². The van der Waals surface area contributed by atoms with Gasteiger partial charge in [-0.15, -0.1) is 0 Å². The van der Waals surface area contributed by atoms with Crippen LogP contribution in [0.25, 0.3) is 0 Å². The predicted octanol–water partition coefficient (Wildman–Crippen LogP) is 3.47. The zero-order valence-electron chi connectivity index (χ0n) is 7.24. The topological polar surface area (TPSA) is 0 Å². The lowest BCUT2D eigenvalue weighted by Gasteiger charge is -2.13. The first-order valence-corrected chi connectivity index (χ1v) is 4.47. The normalized spacial score (nSPS) is 36.0. The fourth-order valence-corrected chi connectivity index (χ4v) is 2.14. The number of alkyl halides is 2. The van der Waals surface area contributed by atoms with Crippen molar-refractivity contribution in [3.8, 4) is 0 Å². The van der Waals surface area contributed by atoms with Gasteiger partial charge in [-0.2, -0.15) is 0 Å². The molecule has 2 atom stereocenters. The quantitative estimate of drug-likeness (QED) is 0.583. The third-order valence-corrected chi connectivity index (χ3v) is 2.84. The molecule has 0 N–H and O–H groups in total. The Morgan fingerprint density at radius 3 is 1.73 bits per heavy atom. The predicted molar refractivity (Wildman–Crippen MR) is 41.7 cm³/mol. The Hall–Kier alpha value is -0.140. The van der Waals surface area contributed by atoms with E-state index in [1.165, 1.54) is 0 Å².